The molecule has 0 aliphatic heterocycles. The molecule has 0 aliphatic carbocycles. The van der Waals surface area contributed by atoms with Gasteiger partial charge in [0.1, 0.15) is 6.54 Å². The van der Waals surface area contributed by atoms with Crippen LogP contribution in [0.3, 0.4) is 0 Å². The Kier molecular flexibility index (Phi) is 6.17. The molecule has 0 radical (unpaired) electrons. The third-order valence-electron chi connectivity index (χ3n) is 3.29. The largest absolute Gasteiger partial charge is 0.391 e. The van der Waals surface area contributed by atoms with Gasteiger partial charge in [-0.05, 0) is 5.92 Å². The van der Waals surface area contributed by atoms with E-state index in [1.165, 1.54) is 0 Å². The highest BCUT2D eigenvalue weighted by molar-refractivity contribution is 5.75. The summed E-state index contributed by atoms with van der Waals surface area (Å²) in [7, 11) is 0. The van der Waals surface area contributed by atoms with E-state index in [-0.39, 0.29) is 19.0 Å². The molecule has 3 N–H and O–H groups in total. The Morgan fingerprint density at radius 1 is 1.35 bits per heavy atom. The summed E-state index contributed by atoms with van der Waals surface area (Å²) in [6.07, 6.45) is 1.05. The first kappa shape index (κ1) is 16.2. The summed E-state index contributed by atoms with van der Waals surface area (Å²) in [6, 6.07) is 2.21. The van der Waals surface area contributed by atoms with Crippen molar-refractivity contribution in [2.75, 3.05) is 6.54 Å². The number of nitrogens with zero attached hydrogens (tertiary/aromatic N) is 1. The lowest BCUT2D eigenvalue weighted by Gasteiger charge is -2.20. The third kappa shape index (κ3) is 4.65. The number of rotatable bonds is 7. The fraction of sp³-hybridized carbons (Fsp3) is 0.615. The topological polar surface area (TPSA) is 104 Å². The van der Waals surface area contributed by atoms with Crippen molar-refractivity contribution in [3.05, 3.63) is 32.8 Å². The molecule has 112 valence electrons. The Balaban J connectivity index is 2.54. The van der Waals surface area contributed by atoms with Gasteiger partial charge in [0, 0.05) is 18.7 Å². The summed E-state index contributed by atoms with van der Waals surface area (Å²) in [6.45, 7) is 3.82. The van der Waals surface area contributed by atoms with Crippen molar-refractivity contribution in [1.82, 2.24) is 15.1 Å². The van der Waals surface area contributed by atoms with Crippen molar-refractivity contribution in [3.8, 4) is 0 Å². The van der Waals surface area contributed by atoms with Crippen LogP contribution in [-0.4, -0.2) is 33.4 Å². The van der Waals surface area contributed by atoms with Crippen molar-refractivity contribution in [1.29, 1.82) is 0 Å². The number of nitrogens with one attached hydrogen (secondary N) is 2. The van der Waals surface area contributed by atoms with E-state index in [4.69, 9.17) is 0 Å². The molecule has 1 amide bonds. The van der Waals surface area contributed by atoms with Crippen LogP contribution in [-0.2, 0) is 11.3 Å². The minimum Gasteiger partial charge on any atom is -0.391 e. The lowest BCUT2D eigenvalue weighted by atomic mass is 9.96. The van der Waals surface area contributed by atoms with Crippen LogP contribution in [0.2, 0.25) is 0 Å². The lowest BCUT2D eigenvalue weighted by Crippen LogP contribution is -2.40. The normalized spacial score (nSPS) is 12.4. The van der Waals surface area contributed by atoms with Gasteiger partial charge in [-0.3, -0.25) is 19.5 Å². The van der Waals surface area contributed by atoms with Crippen molar-refractivity contribution < 1.29 is 9.90 Å². The zero-order valence-electron chi connectivity index (χ0n) is 11.8. The SMILES string of the molecule is CCC(CC)C(O)CNC(=O)Cn1[nH]c(=O)ccc1=O. The second kappa shape index (κ2) is 7.64. The van der Waals surface area contributed by atoms with Gasteiger partial charge in [-0.15, -0.1) is 0 Å². The molecule has 20 heavy (non-hydrogen) atoms. The van der Waals surface area contributed by atoms with E-state index in [9.17, 15) is 19.5 Å². The van der Waals surface area contributed by atoms with E-state index in [0.29, 0.717) is 0 Å². The molecular weight excluding hydrogens is 262 g/mol. The third-order valence-corrected chi connectivity index (χ3v) is 3.29. The van der Waals surface area contributed by atoms with Crippen LogP contribution in [0.1, 0.15) is 26.7 Å². The first-order valence-electron chi connectivity index (χ1n) is 6.72. The van der Waals surface area contributed by atoms with Crippen LogP contribution in [0.4, 0.5) is 0 Å². The monoisotopic (exact) mass is 283 g/mol. The molecule has 0 saturated carbocycles. The Bertz CT molecular complexity index is 545. The van der Waals surface area contributed by atoms with E-state index in [0.717, 1.165) is 29.7 Å². The number of aliphatic hydroxyl groups is 1. The van der Waals surface area contributed by atoms with Crippen molar-refractivity contribution >= 4 is 5.91 Å². The summed E-state index contributed by atoms with van der Waals surface area (Å²) in [5, 5.41) is 14.7. The Labute approximate surface area is 116 Å². The van der Waals surface area contributed by atoms with Gasteiger partial charge in [0.25, 0.3) is 11.1 Å². The highest BCUT2D eigenvalue weighted by atomic mass is 16.3. The highest BCUT2D eigenvalue weighted by Crippen LogP contribution is 2.11. The summed E-state index contributed by atoms with van der Waals surface area (Å²) >= 11 is 0. The van der Waals surface area contributed by atoms with Crippen LogP contribution in [0, 0.1) is 5.92 Å². The highest BCUT2D eigenvalue weighted by Gasteiger charge is 2.16. The van der Waals surface area contributed by atoms with E-state index < -0.39 is 23.1 Å². The van der Waals surface area contributed by atoms with E-state index in [1.807, 2.05) is 13.8 Å². The molecule has 7 nitrogen and oxygen atoms in total. The zero-order chi connectivity index (χ0) is 15.1. The van der Waals surface area contributed by atoms with Gasteiger partial charge >= 0.3 is 0 Å². The predicted octanol–water partition coefficient (Wildman–Crippen LogP) is -0.550. The maximum atomic E-state index is 11.7. The van der Waals surface area contributed by atoms with E-state index in [1.54, 1.807) is 0 Å². The summed E-state index contributed by atoms with van der Waals surface area (Å²) in [5.74, 6) is -0.298. The number of carbonyl (C=O) groups is 1. The number of aliphatic hydroxyl groups excluding tert-OH is 1. The average Bonchev–Trinajstić information content (AvgIpc) is 2.42. The molecule has 0 bridgehead atoms. The number of hydrogen-bond acceptors (Lipinski definition) is 4. The second-order valence-corrected chi connectivity index (χ2v) is 4.68. The Hall–Kier alpha value is -1.89. The average molecular weight is 283 g/mol. The van der Waals surface area contributed by atoms with Crippen LogP contribution in [0.5, 0.6) is 0 Å². The molecule has 1 aromatic rings. The van der Waals surface area contributed by atoms with Gasteiger partial charge in [0.05, 0.1) is 6.10 Å². The number of amides is 1. The predicted molar refractivity (Wildman–Crippen MR) is 74.4 cm³/mol. The number of aromatic amines is 1. The maximum Gasteiger partial charge on any atom is 0.265 e. The smallest absolute Gasteiger partial charge is 0.265 e. The van der Waals surface area contributed by atoms with Gasteiger partial charge in [0.15, 0.2) is 0 Å². The molecule has 0 aliphatic rings. The molecule has 0 fully saturated rings. The fourth-order valence-electron chi connectivity index (χ4n) is 2.00. The number of carbonyl (C=O) groups excluding carboxylic acids is 1. The first-order valence-corrected chi connectivity index (χ1v) is 6.72. The van der Waals surface area contributed by atoms with Gasteiger partial charge in [0.2, 0.25) is 5.91 Å². The molecule has 1 rings (SSSR count). The van der Waals surface area contributed by atoms with Crippen molar-refractivity contribution in [2.45, 2.75) is 39.3 Å². The molecule has 1 unspecified atom stereocenters. The number of hydrogen-bond donors (Lipinski definition) is 3. The molecule has 1 aromatic heterocycles. The molecule has 0 aromatic carbocycles. The van der Waals surface area contributed by atoms with Gasteiger partial charge < -0.3 is 10.4 Å². The van der Waals surface area contributed by atoms with Crippen molar-refractivity contribution in [3.63, 3.8) is 0 Å². The molecule has 1 atom stereocenters. The van der Waals surface area contributed by atoms with Gasteiger partial charge in [-0.1, -0.05) is 26.7 Å². The van der Waals surface area contributed by atoms with Gasteiger partial charge in [-0.25, -0.2) is 4.68 Å². The van der Waals surface area contributed by atoms with Crippen LogP contribution < -0.4 is 16.4 Å². The second-order valence-electron chi connectivity index (χ2n) is 4.68. The maximum absolute atomic E-state index is 11.7. The molecule has 1 heterocycles. The molecular formula is C13H21N3O4. The van der Waals surface area contributed by atoms with E-state index in [2.05, 4.69) is 10.4 Å². The van der Waals surface area contributed by atoms with Crippen LogP contribution in [0.15, 0.2) is 21.7 Å². The zero-order valence-corrected chi connectivity index (χ0v) is 11.8. The standard InChI is InChI=1S/C13H21N3O4/c1-3-9(4-2)10(17)7-14-12(19)8-16-13(20)6-5-11(18)15-16/h5-6,9-10,17H,3-4,7-8H2,1-2H3,(H,14,19)(H,15,18). The van der Waals surface area contributed by atoms with Crippen LogP contribution >= 0.6 is 0 Å². The lowest BCUT2D eigenvalue weighted by molar-refractivity contribution is -0.122. The summed E-state index contributed by atoms with van der Waals surface area (Å²) in [4.78, 5) is 34.2. The Morgan fingerprint density at radius 3 is 2.60 bits per heavy atom. The number of H-pyrrole nitrogens is 1. The molecule has 7 heteroatoms. The van der Waals surface area contributed by atoms with E-state index >= 15 is 0 Å². The molecule has 0 spiro atoms. The van der Waals surface area contributed by atoms with Crippen molar-refractivity contribution in [2.24, 2.45) is 5.92 Å². The molecule has 0 saturated heterocycles. The van der Waals surface area contributed by atoms with Gasteiger partial charge in [-0.2, -0.15) is 0 Å². The first-order chi connectivity index (χ1) is 9.47. The summed E-state index contributed by atoms with van der Waals surface area (Å²) < 4.78 is 0.932. The fourth-order valence-corrected chi connectivity index (χ4v) is 2.00. The minimum absolute atomic E-state index is 0.134. The Morgan fingerprint density at radius 2 is 2.00 bits per heavy atom. The quantitative estimate of drug-likeness (QED) is 0.624. The van der Waals surface area contributed by atoms with Crippen LogP contribution in [0.25, 0.3) is 0 Å². The summed E-state index contributed by atoms with van der Waals surface area (Å²) in [5.41, 5.74) is -0.908. The number of aromatic nitrogens is 2. The minimum atomic E-state index is -0.611.